The van der Waals surface area contributed by atoms with Crippen LogP contribution in [-0.2, 0) is 10.9 Å². The molecule has 0 radical (unpaired) electrons. The Labute approximate surface area is 106 Å². The monoisotopic (exact) mass is 245 g/mol. The molecule has 0 aromatic heterocycles. The van der Waals surface area contributed by atoms with E-state index in [9.17, 15) is 0 Å². The van der Waals surface area contributed by atoms with Crippen molar-refractivity contribution in [3.63, 3.8) is 0 Å². The summed E-state index contributed by atoms with van der Waals surface area (Å²) < 4.78 is 5.23. The van der Waals surface area contributed by atoms with Gasteiger partial charge >= 0.3 is 0 Å². The summed E-state index contributed by atoms with van der Waals surface area (Å²) >= 11 is 0. The molecule has 0 heterocycles. The third-order valence-corrected chi connectivity index (χ3v) is 3.73. The Balaban J connectivity index is 3.02. The van der Waals surface area contributed by atoms with Gasteiger partial charge in [-0.25, -0.2) is 0 Å². The SMILES string of the molecule is C=C/C=C/[S+](/C=C/C=C)c1cccc(OC)c1. The lowest BCUT2D eigenvalue weighted by Gasteiger charge is -2.01. The van der Waals surface area contributed by atoms with E-state index in [4.69, 9.17) is 4.74 Å². The van der Waals surface area contributed by atoms with Crippen LogP contribution in [0.15, 0.2) is 77.4 Å². The van der Waals surface area contributed by atoms with Gasteiger partial charge in [-0.05, 0) is 24.3 Å². The van der Waals surface area contributed by atoms with Crippen LogP contribution in [0.3, 0.4) is 0 Å². The van der Waals surface area contributed by atoms with Gasteiger partial charge in [0, 0.05) is 6.07 Å². The van der Waals surface area contributed by atoms with E-state index in [0.29, 0.717) is 0 Å². The predicted octanol–water partition coefficient (Wildman–Crippen LogP) is 4.07. The van der Waals surface area contributed by atoms with Crippen LogP contribution in [0.2, 0.25) is 0 Å². The van der Waals surface area contributed by atoms with Gasteiger partial charge in [0.1, 0.15) is 16.6 Å². The van der Waals surface area contributed by atoms with E-state index in [1.165, 1.54) is 4.90 Å². The Kier molecular flexibility index (Phi) is 5.97. The van der Waals surface area contributed by atoms with Crippen LogP contribution < -0.4 is 4.74 Å². The first-order valence-electron chi connectivity index (χ1n) is 5.26. The summed E-state index contributed by atoms with van der Waals surface area (Å²) in [5, 5.41) is 4.23. The number of allylic oxidation sites excluding steroid dienone is 4. The minimum atomic E-state index is -0.0831. The highest BCUT2D eigenvalue weighted by Crippen LogP contribution is 2.22. The highest BCUT2D eigenvalue weighted by atomic mass is 32.2. The summed E-state index contributed by atoms with van der Waals surface area (Å²) in [6.07, 6.45) is 7.47. The molecule has 2 heteroatoms. The first-order valence-corrected chi connectivity index (χ1v) is 6.61. The molecule has 1 aromatic rings. The molecule has 1 rings (SSSR count). The van der Waals surface area contributed by atoms with E-state index in [1.54, 1.807) is 19.3 Å². The second-order valence-corrected chi connectivity index (χ2v) is 4.94. The van der Waals surface area contributed by atoms with Crippen molar-refractivity contribution in [1.29, 1.82) is 0 Å². The number of ether oxygens (including phenoxy) is 1. The molecule has 88 valence electrons. The molecule has 17 heavy (non-hydrogen) atoms. The van der Waals surface area contributed by atoms with E-state index in [2.05, 4.69) is 30.0 Å². The molecule has 1 nitrogen and oxygen atoms in total. The minimum absolute atomic E-state index is 0.0831. The third kappa shape index (κ3) is 4.37. The van der Waals surface area contributed by atoms with Gasteiger partial charge in [-0.1, -0.05) is 31.4 Å². The highest BCUT2D eigenvalue weighted by molar-refractivity contribution is 8.02. The summed E-state index contributed by atoms with van der Waals surface area (Å²) in [5.41, 5.74) is 0. The van der Waals surface area contributed by atoms with Crippen molar-refractivity contribution < 1.29 is 4.74 Å². The molecule has 0 atom stereocenters. The van der Waals surface area contributed by atoms with Crippen LogP contribution in [0.4, 0.5) is 0 Å². The van der Waals surface area contributed by atoms with Crippen molar-refractivity contribution in [2.75, 3.05) is 7.11 Å². The smallest absolute Gasteiger partial charge is 0.169 e. The molecule has 0 bridgehead atoms. The number of rotatable bonds is 6. The molecule has 1 aromatic carbocycles. The molecule has 0 unspecified atom stereocenters. The van der Waals surface area contributed by atoms with Crippen LogP contribution in [0.1, 0.15) is 0 Å². The second-order valence-electron chi connectivity index (χ2n) is 3.18. The summed E-state index contributed by atoms with van der Waals surface area (Å²) in [6.45, 7) is 7.38. The summed E-state index contributed by atoms with van der Waals surface area (Å²) in [5.74, 6) is 0.874. The number of hydrogen-bond acceptors (Lipinski definition) is 1. The molecule has 0 amide bonds. The van der Waals surface area contributed by atoms with Gasteiger partial charge in [0.2, 0.25) is 0 Å². The molecule has 0 spiro atoms. The zero-order chi connectivity index (χ0) is 12.5. The van der Waals surface area contributed by atoms with E-state index in [-0.39, 0.29) is 10.9 Å². The average Bonchev–Trinajstić information content (AvgIpc) is 2.39. The molecule has 0 N–H and O–H groups in total. The molecule has 0 aliphatic carbocycles. The van der Waals surface area contributed by atoms with Crippen molar-refractivity contribution >= 4 is 10.9 Å². The summed E-state index contributed by atoms with van der Waals surface area (Å²) in [4.78, 5) is 1.21. The first kappa shape index (κ1) is 13.4. The Morgan fingerprint density at radius 3 is 2.29 bits per heavy atom. The van der Waals surface area contributed by atoms with Gasteiger partial charge in [-0.15, -0.1) is 0 Å². The molecular weight excluding hydrogens is 228 g/mol. The van der Waals surface area contributed by atoms with Gasteiger partial charge in [-0.2, -0.15) is 0 Å². The normalized spacial score (nSPS) is 11.2. The molecule has 0 fully saturated rings. The fourth-order valence-corrected chi connectivity index (χ4v) is 2.68. The number of hydrogen-bond donors (Lipinski definition) is 0. The van der Waals surface area contributed by atoms with Crippen molar-refractivity contribution in [2.45, 2.75) is 4.90 Å². The lowest BCUT2D eigenvalue weighted by Crippen LogP contribution is -1.94. The van der Waals surface area contributed by atoms with E-state index in [0.717, 1.165) is 5.75 Å². The lowest BCUT2D eigenvalue weighted by atomic mass is 10.3. The van der Waals surface area contributed by atoms with E-state index in [1.807, 2.05) is 30.4 Å². The Morgan fingerprint density at radius 2 is 1.76 bits per heavy atom. The quantitative estimate of drug-likeness (QED) is 0.542. The van der Waals surface area contributed by atoms with Crippen LogP contribution in [0.25, 0.3) is 0 Å². The maximum atomic E-state index is 5.23. The maximum absolute atomic E-state index is 5.23. The van der Waals surface area contributed by atoms with Crippen LogP contribution in [0.5, 0.6) is 5.75 Å². The lowest BCUT2D eigenvalue weighted by molar-refractivity contribution is 0.413. The fraction of sp³-hybridized carbons (Fsp3) is 0.0667. The molecule has 0 saturated heterocycles. The Bertz CT molecular complexity index is 414. The van der Waals surface area contributed by atoms with Crippen LogP contribution in [0, 0.1) is 0 Å². The Hall–Kier alpha value is -1.67. The maximum Gasteiger partial charge on any atom is 0.169 e. The topological polar surface area (TPSA) is 9.23 Å². The minimum Gasteiger partial charge on any atom is -0.497 e. The average molecular weight is 245 g/mol. The van der Waals surface area contributed by atoms with Gasteiger partial charge in [0.15, 0.2) is 4.90 Å². The second kappa shape index (κ2) is 7.58. The first-order chi connectivity index (χ1) is 8.31. The van der Waals surface area contributed by atoms with Crippen molar-refractivity contribution in [3.05, 3.63) is 72.5 Å². The number of benzene rings is 1. The zero-order valence-electron chi connectivity index (χ0n) is 10.0. The number of methoxy groups -OCH3 is 1. The van der Waals surface area contributed by atoms with Crippen molar-refractivity contribution in [3.8, 4) is 5.75 Å². The predicted molar refractivity (Wildman–Crippen MR) is 77.3 cm³/mol. The van der Waals surface area contributed by atoms with E-state index < -0.39 is 0 Å². The van der Waals surface area contributed by atoms with Gasteiger partial charge in [0.25, 0.3) is 0 Å². The Morgan fingerprint density at radius 1 is 1.12 bits per heavy atom. The standard InChI is InChI=1S/C15H17OS/c1-4-6-11-17(12-7-5-2)15-10-8-9-14(13-15)16-3/h4-13H,1-2H2,3H3/q+1/b11-6+,12-7+. The molecular formula is C15H17OS+. The van der Waals surface area contributed by atoms with E-state index >= 15 is 0 Å². The molecule has 0 aliphatic heterocycles. The molecule has 0 saturated carbocycles. The van der Waals surface area contributed by atoms with Gasteiger partial charge in [0.05, 0.1) is 18.0 Å². The highest BCUT2D eigenvalue weighted by Gasteiger charge is 2.15. The zero-order valence-corrected chi connectivity index (χ0v) is 10.8. The summed E-state index contributed by atoms with van der Waals surface area (Å²) in [6, 6.07) is 8.08. The van der Waals surface area contributed by atoms with Crippen LogP contribution in [-0.4, -0.2) is 7.11 Å². The van der Waals surface area contributed by atoms with Crippen molar-refractivity contribution in [2.24, 2.45) is 0 Å². The summed E-state index contributed by atoms with van der Waals surface area (Å²) in [7, 11) is 1.59. The van der Waals surface area contributed by atoms with Gasteiger partial charge < -0.3 is 4.74 Å². The fourth-order valence-electron chi connectivity index (χ4n) is 1.23. The van der Waals surface area contributed by atoms with Crippen molar-refractivity contribution in [1.82, 2.24) is 0 Å². The largest absolute Gasteiger partial charge is 0.497 e. The van der Waals surface area contributed by atoms with Crippen LogP contribution >= 0.6 is 0 Å². The third-order valence-electron chi connectivity index (χ3n) is 2.04. The van der Waals surface area contributed by atoms with Gasteiger partial charge in [-0.3, -0.25) is 0 Å². The molecule has 0 aliphatic rings.